The Morgan fingerprint density at radius 2 is 1.82 bits per heavy atom. The molecule has 33 heavy (non-hydrogen) atoms. The fourth-order valence-electron chi connectivity index (χ4n) is 4.21. The summed E-state index contributed by atoms with van der Waals surface area (Å²) >= 11 is 0. The molecule has 1 heterocycles. The van der Waals surface area contributed by atoms with E-state index in [1.807, 2.05) is 6.92 Å². The average Bonchev–Trinajstić information content (AvgIpc) is 3.53. The number of carbonyl (C=O) groups excluding carboxylic acids is 2. The number of carbonyl (C=O) groups is 2. The summed E-state index contributed by atoms with van der Waals surface area (Å²) < 4.78 is 25.8. The van der Waals surface area contributed by atoms with Crippen LogP contribution in [0.5, 0.6) is 5.75 Å². The fourth-order valence-corrected chi connectivity index (χ4v) is 4.21. The summed E-state index contributed by atoms with van der Waals surface area (Å²) in [5.41, 5.74) is 0.538. The van der Waals surface area contributed by atoms with Crippen LogP contribution in [0.3, 0.4) is 0 Å². The van der Waals surface area contributed by atoms with Gasteiger partial charge >= 0.3 is 0 Å². The van der Waals surface area contributed by atoms with Crippen molar-refractivity contribution in [3.63, 3.8) is 0 Å². The third-order valence-electron chi connectivity index (χ3n) is 5.78. The molecule has 1 saturated carbocycles. The number of amides is 2. The van der Waals surface area contributed by atoms with Crippen LogP contribution < -0.4 is 15.0 Å². The summed E-state index contributed by atoms with van der Waals surface area (Å²) in [6.45, 7) is 2.39. The Morgan fingerprint density at radius 1 is 1.09 bits per heavy atom. The molecule has 2 aromatic carbocycles. The minimum atomic E-state index is -1.10. The highest BCUT2D eigenvalue weighted by Gasteiger charge is 2.37. The maximum atomic E-state index is 15.0. The quantitative estimate of drug-likeness (QED) is 0.508. The van der Waals surface area contributed by atoms with Gasteiger partial charge in [-0.05, 0) is 61.7 Å². The predicted octanol–water partition coefficient (Wildman–Crippen LogP) is 5.26. The van der Waals surface area contributed by atoms with Gasteiger partial charge in [0, 0.05) is 6.04 Å². The van der Waals surface area contributed by atoms with Crippen molar-refractivity contribution >= 4 is 17.5 Å². The number of anilines is 1. The first-order chi connectivity index (χ1) is 16.1. The Bertz CT molecular complexity index is 1080. The average molecular weight is 451 g/mol. The Kier molecular flexibility index (Phi) is 7.07. The zero-order valence-corrected chi connectivity index (χ0v) is 18.5. The van der Waals surface area contributed by atoms with Gasteiger partial charge in [-0.3, -0.25) is 14.5 Å². The van der Waals surface area contributed by atoms with E-state index in [-0.39, 0.29) is 23.4 Å². The second-order valence-corrected chi connectivity index (χ2v) is 8.00. The zero-order valence-electron chi connectivity index (χ0n) is 18.5. The van der Waals surface area contributed by atoms with E-state index >= 15 is 0 Å². The third kappa shape index (κ3) is 5.08. The van der Waals surface area contributed by atoms with Crippen molar-refractivity contribution in [2.24, 2.45) is 0 Å². The van der Waals surface area contributed by atoms with E-state index < -0.39 is 17.8 Å². The molecule has 1 aliphatic carbocycles. The molecule has 0 bridgehead atoms. The molecular formula is C26H27FN2O4. The van der Waals surface area contributed by atoms with Crippen LogP contribution in [-0.2, 0) is 4.79 Å². The minimum absolute atomic E-state index is 0.000596. The summed E-state index contributed by atoms with van der Waals surface area (Å²) in [5.74, 6) is -0.921. The molecule has 1 aromatic heterocycles. The molecule has 0 aliphatic heterocycles. The molecule has 1 aliphatic rings. The summed E-state index contributed by atoms with van der Waals surface area (Å²) in [5, 5.41) is 3.07. The number of rotatable bonds is 8. The third-order valence-corrected chi connectivity index (χ3v) is 5.78. The normalized spacial score (nSPS) is 14.6. The molecule has 1 N–H and O–H groups in total. The molecule has 1 unspecified atom stereocenters. The molecule has 1 fully saturated rings. The lowest BCUT2D eigenvalue weighted by Crippen LogP contribution is -2.46. The molecule has 7 heteroatoms. The second kappa shape index (κ2) is 10.3. The van der Waals surface area contributed by atoms with Gasteiger partial charge in [-0.1, -0.05) is 37.1 Å². The van der Waals surface area contributed by atoms with Gasteiger partial charge in [-0.25, -0.2) is 4.39 Å². The first kappa shape index (κ1) is 22.6. The lowest BCUT2D eigenvalue weighted by molar-refractivity contribution is -0.123. The SMILES string of the molecule is CCOc1ccc(C(C(=O)NC2CCCC2)N(C(=O)c2ccco2)c2ccccc2F)cc1. The van der Waals surface area contributed by atoms with Gasteiger partial charge in [0.05, 0.1) is 18.6 Å². The summed E-state index contributed by atoms with van der Waals surface area (Å²) in [6, 6.07) is 14.9. The van der Waals surface area contributed by atoms with Crippen LogP contribution in [0, 0.1) is 5.82 Å². The van der Waals surface area contributed by atoms with Crippen molar-refractivity contribution in [2.75, 3.05) is 11.5 Å². The van der Waals surface area contributed by atoms with E-state index in [9.17, 15) is 14.0 Å². The van der Waals surface area contributed by atoms with Crippen molar-refractivity contribution in [1.82, 2.24) is 5.32 Å². The largest absolute Gasteiger partial charge is 0.494 e. The van der Waals surface area contributed by atoms with E-state index in [2.05, 4.69) is 5.32 Å². The highest BCUT2D eigenvalue weighted by atomic mass is 19.1. The van der Waals surface area contributed by atoms with E-state index in [4.69, 9.17) is 9.15 Å². The number of hydrogen-bond donors (Lipinski definition) is 1. The number of hydrogen-bond acceptors (Lipinski definition) is 4. The highest BCUT2D eigenvalue weighted by molar-refractivity contribution is 6.08. The first-order valence-corrected chi connectivity index (χ1v) is 11.2. The van der Waals surface area contributed by atoms with Crippen molar-refractivity contribution in [3.05, 3.63) is 84.1 Å². The fraction of sp³-hybridized carbons (Fsp3) is 0.308. The molecule has 0 spiro atoms. The number of para-hydroxylation sites is 1. The second-order valence-electron chi connectivity index (χ2n) is 8.00. The van der Waals surface area contributed by atoms with Crippen LogP contribution in [0.25, 0.3) is 0 Å². The van der Waals surface area contributed by atoms with Crippen LogP contribution in [0.1, 0.15) is 54.8 Å². The minimum Gasteiger partial charge on any atom is -0.494 e. The van der Waals surface area contributed by atoms with Gasteiger partial charge in [0.2, 0.25) is 5.91 Å². The Hall–Kier alpha value is -3.61. The van der Waals surface area contributed by atoms with Gasteiger partial charge in [-0.15, -0.1) is 0 Å². The van der Waals surface area contributed by atoms with Gasteiger partial charge in [0.15, 0.2) is 5.76 Å². The lowest BCUT2D eigenvalue weighted by Gasteiger charge is -2.32. The Morgan fingerprint density at radius 3 is 2.45 bits per heavy atom. The predicted molar refractivity (Wildman–Crippen MR) is 123 cm³/mol. The number of halogens is 1. The molecule has 3 aromatic rings. The maximum Gasteiger partial charge on any atom is 0.295 e. The standard InChI is InChI=1S/C26H27FN2O4/c1-2-32-20-15-13-18(14-16-20)24(25(30)28-19-8-3-4-9-19)29(22-11-6-5-10-21(22)27)26(31)23-12-7-17-33-23/h5-7,10-17,19,24H,2-4,8-9H2,1H3,(H,28,30). The molecule has 4 rings (SSSR count). The van der Waals surface area contributed by atoms with E-state index in [0.717, 1.165) is 25.7 Å². The van der Waals surface area contributed by atoms with E-state index in [1.54, 1.807) is 42.5 Å². The van der Waals surface area contributed by atoms with Crippen LogP contribution in [-0.4, -0.2) is 24.5 Å². The molecule has 172 valence electrons. The van der Waals surface area contributed by atoms with Crippen molar-refractivity contribution in [3.8, 4) is 5.75 Å². The van der Waals surface area contributed by atoms with Crippen molar-refractivity contribution in [1.29, 1.82) is 0 Å². The zero-order chi connectivity index (χ0) is 23.2. The van der Waals surface area contributed by atoms with Crippen molar-refractivity contribution < 1.29 is 23.1 Å². The van der Waals surface area contributed by atoms with Gasteiger partial charge < -0.3 is 14.5 Å². The van der Waals surface area contributed by atoms with Crippen LogP contribution >= 0.6 is 0 Å². The Labute approximate surface area is 192 Å². The van der Waals surface area contributed by atoms with E-state index in [0.29, 0.717) is 17.9 Å². The van der Waals surface area contributed by atoms with Gasteiger partial charge in [0.25, 0.3) is 5.91 Å². The molecular weight excluding hydrogens is 423 g/mol. The molecule has 2 amide bonds. The van der Waals surface area contributed by atoms with Crippen LogP contribution in [0.15, 0.2) is 71.3 Å². The molecule has 0 radical (unpaired) electrons. The summed E-state index contributed by atoms with van der Waals surface area (Å²) in [6.07, 6.45) is 5.22. The number of nitrogens with zero attached hydrogens (tertiary/aromatic N) is 1. The van der Waals surface area contributed by atoms with Crippen LogP contribution in [0.4, 0.5) is 10.1 Å². The Balaban J connectivity index is 1.80. The maximum absolute atomic E-state index is 15.0. The lowest BCUT2D eigenvalue weighted by atomic mass is 10.0. The smallest absolute Gasteiger partial charge is 0.295 e. The molecule has 1 atom stereocenters. The first-order valence-electron chi connectivity index (χ1n) is 11.2. The number of nitrogens with one attached hydrogen (secondary N) is 1. The number of benzene rings is 2. The van der Waals surface area contributed by atoms with Crippen LogP contribution in [0.2, 0.25) is 0 Å². The number of ether oxygens (including phenoxy) is 1. The van der Waals surface area contributed by atoms with Gasteiger partial charge in [0.1, 0.15) is 17.6 Å². The van der Waals surface area contributed by atoms with Crippen molar-refractivity contribution in [2.45, 2.75) is 44.7 Å². The highest BCUT2D eigenvalue weighted by Crippen LogP contribution is 2.33. The summed E-state index contributed by atoms with van der Waals surface area (Å²) in [7, 11) is 0. The number of furan rings is 1. The van der Waals surface area contributed by atoms with E-state index in [1.165, 1.54) is 29.4 Å². The molecule has 0 saturated heterocycles. The topological polar surface area (TPSA) is 71.8 Å². The van der Waals surface area contributed by atoms with Gasteiger partial charge in [-0.2, -0.15) is 0 Å². The molecule has 6 nitrogen and oxygen atoms in total. The monoisotopic (exact) mass is 450 g/mol. The summed E-state index contributed by atoms with van der Waals surface area (Å²) in [4.78, 5) is 28.3.